The Labute approximate surface area is 98.6 Å². The molecule has 0 saturated heterocycles. The van der Waals surface area contributed by atoms with Gasteiger partial charge in [0.1, 0.15) is 4.90 Å². The monoisotopic (exact) mass is 260 g/mol. The second kappa shape index (κ2) is 4.33. The van der Waals surface area contributed by atoms with Crippen LogP contribution in [0.4, 0.5) is 0 Å². The van der Waals surface area contributed by atoms with Crippen LogP contribution in [0.5, 0.6) is 0 Å². The van der Waals surface area contributed by atoms with Gasteiger partial charge < -0.3 is 0 Å². The van der Waals surface area contributed by atoms with Gasteiger partial charge in [-0.1, -0.05) is 36.4 Å². The van der Waals surface area contributed by atoms with E-state index < -0.39 is 10.1 Å². The van der Waals surface area contributed by atoms with E-state index in [9.17, 15) is 8.42 Å². The summed E-state index contributed by atoms with van der Waals surface area (Å²) in [5, 5.41) is 1.33. The molecule has 0 radical (unpaired) electrons. The second-order valence-corrected chi connectivity index (χ2v) is 4.34. The SMILES string of the molecule is O=S(=O)(O)c1cccc2ccccc12.[Cr]. The number of hydrogen-bond donors (Lipinski definition) is 1. The maximum Gasteiger partial charge on any atom is 0.295 e. The topological polar surface area (TPSA) is 54.4 Å². The van der Waals surface area contributed by atoms with E-state index in [2.05, 4.69) is 0 Å². The van der Waals surface area contributed by atoms with Gasteiger partial charge in [0.25, 0.3) is 10.1 Å². The Bertz CT molecular complexity index is 573. The molecule has 15 heavy (non-hydrogen) atoms. The van der Waals surface area contributed by atoms with Crippen LogP contribution in [0.3, 0.4) is 0 Å². The van der Waals surface area contributed by atoms with Crippen molar-refractivity contribution in [3.05, 3.63) is 42.5 Å². The minimum Gasteiger partial charge on any atom is -0.282 e. The van der Waals surface area contributed by atoms with Crippen molar-refractivity contribution in [1.82, 2.24) is 0 Å². The molecule has 0 aliphatic rings. The van der Waals surface area contributed by atoms with Crippen LogP contribution in [-0.2, 0) is 27.5 Å². The van der Waals surface area contributed by atoms with Crippen LogP contribution in [0.1, 0.15) is 0 Å². The number of benzene rings is 2. The van der Waals surface area contributed by atoms with Crippen molar-refractivity contribution in [1.29, 1.82) is 0 Å². The van der Waals surface area contributed by atoms with Gasteiger partial charge in [-0.15, -0.1) is 0 Å². The van der Waals surface area contributed by atoms with Crippen molar-refractivity contribution in [3.63, 3.8) is 0 Å². The molecule has 0 aliphatic carbocycles. The van der Waals surface area contributed by atoms with Gasteiger partial charge in [0.15, 0.2) is 0 Å². The molecule has 0 aromatic heterocycles. The number of hydrogen-bond acceptors (Lipinski definition) is 2. The normalized spacial score (nSPS) is 11.0. The standard InChI is InChI=1S/C10H8O3S.Cr/c11-14(12,13)10-7-3-5-8-4-1-2-6-9(8)10;/h1-7H,(H,11,12,13);. The average Bonchev–Trinajstić information content (AvgIpc) is 2.15. The van der Waals surface area contributed by atoms with E-state index in [1.165, 1.54) is 6.07 Å². The Kier molecular flexibility index (Phi) is 3.53. The van der Waals surface area contributed by atoms with Gasteiger partial charge in [-0.05, 0) is 11.5 Å². The van der Waals surface area contributed by atoms with Gasteiger partial charge in [-0.2, -0.15) is 8.42 Å². The Morgan fingerprint density at radius 3 is 2.20 bits per heavy atom. The fraction of sp³-hybridized carbons (Fsp3) is 0. The summed E-state index contributed by atoms with van der Waals surface area (Å²) in [5.41, 5.74) is 0. The van der Waals surface area contributed by atoms with E-state index in [1.807, 2.05) is 6.07 Å². The molecular formula is C10H8CrO3S. The maximum absolute atomic E-state index is 11.0. The molecule has 5 heteroatoms. The van der Waals surface area contributed by atoms with E-state index in [1.54, 1.807) is 30.3 Å². The first-order chi connectivity index (χ1) is 6.59. The molecule has 0 heterocycles. The van der Waals surface area contributed by atoms with E-state index in [0.29, 0.717) is 5.39 Å². The zero-order chi connectivity index (χ0) is 10.2. The van der Waals surface area contributed by atoms with Crippen LogP contribution in [-0.4, -0.2) is 13.0 Å². The number of rotatable bonds is 1. The van der Waals surface area contributed by atoms with Gasteiger partial charge in [-0.3, -0.25) is 4.55 Å². The van der Waals surface area contributed by atoms with Crippen molar-refractivity contribution in [2.24, 2.45) is 0 Å². The van der Waals surface area contributed by atoms with Crippen LogP contribution in [0, 0.1) is 0 Å². The van der Waals surface area contributed by atoms with Gasteiger partial charge in [0.2, 0.25) is 0 Å². The molecule has 0 unspecified atom stereocenters. The Hall–Kier alpha value is -0.858. The van der Waals surface area contributed by atoms with Crippen LogP contribution in [0.2, 0.25) is 0 Å². The van der Waals surface area contributed by atoms with Gasteiger partial charge in [-0.25, -0.2) is 0 Å². The molecular weight excluding hydrogens is 252 g/mol. The molecule has 2 aromatic carbocycles. The predicted octanol–water partition coefficient (Wildman–Crippen LogP) is 2.08. The molecule has 2 rings (SSSR count). The fourth-order valence-corrected chi connectivity index (χ4v) is 2.13. The predicted molar refractivity (Wildman–Crippen MR) is 53.8 cm³/mol. The molecule has 0 aliphatic heterocycles. The first-order valence-corrected chi connectivity index (χ1v) is 5.48. The summed E-state index contributed by atoms with van der Waals surface area (Å²) in [6.07, 6.45) is 0. The molecule has 3 nitrogen and oxygen atoms in total. The third-order valence-electron chi connectivity index (χ3n) is 2.03. The Morgan fingerprint density at radius 2 is 1.53 bits per heavy atom. The van der Waals surface area contributed by atoms with Gasteiger partial charge in [0, 0.05) is 22.7 Å². The molecule has 0 fully saturated rings. The summed E-state index contributed by atoms with van der Waals surface area (Å²) in [7, 11) is -4.13. The summed E-state index contributed by atoms with van der Waals surface area (Å²) >= 11 is 0. The van der Waals surface area contributed by atoms with Crippen molar-refractivity contribution >= 4 is 20.9 Å². The minimum atomic E-state index is -4.13. The smallest absolute Gasteiger partial charge is 0.282 e. The van der Waals surface area contributed by atoms with Crippen molar-refractivity contribution in [2.45, 2.75) is 4.90 Å². The quantitative estimate of drug-likeness (QED) is 0.799. The van der Waals surface area contributed by atoms with Crippen LogP contribution >= 0.6 is 0 Å². The number of fused-ring (bicyclic) bond motifs is 1. The largest absolute Gasteiger partial charge is 0.295 e. The molecule has 0 amide bonds. The fourth-order valence-electron chi connectivity index (χ4n) is 1.42. The van der Waals surface area contributed by atoms with E-state index >= 15 is 0 Å². The third kappa shape index (κ3) is 2.39. The van der Waals surface area contributed by atoms with Gasteiger partial charge in [0.05, 0.1) is 0 Å². The zero-order valence-corrected chi connectivity index (χ0v) is 9.71. The summed E-state index contributed by atoms with van der Waals surface area (Å²) in [4.78, 5) is -0.0457. The molecule has 0 spiro atoms. The van der Waals surface area contributed by atoms with Crippen molar-refractivity contribution in [2.75, 3.05) is 0 Å². The van der Waals surface area contributed by atoms with E-state index in [-0.39, 0.29) is 22.3 Å². The molecule has 1 N–H and O–H groups in total. The maximum atomic E-state index is 11.0. The Balaban J connectivity index is 0.00000112. The molecule has 0 saturated carbocycles. The minimum absolute atomic E-state index is 0. The first kappa shape index (κ1) is 12.2. The third-order valence-corrected chi connectivity index (χ3v) is 2.94. The zero-order valence-electron chi connectivity index (χ0n) is 7.62. The molecule has 2 aromatic rings. The summed E-state index contributed by atoms with van der Waals surface area (Å²) in [5.74, 6) is 0. The summed E-state index contributed by atoms with van der Waals surface area (Å²) in [6.45, 7) is 0. The molecule has 0 atom stereocenters. The van der Waals surface area contributed by atoms with Crippen molar-refractivity contribution < 1.29 is 30.3 Å². The first-order valence-electron chi connectivity index (χ1n) is 4.04. The second-order valence-electron chi connectivity index (χ2n) is 2.95. The summed E-state index contributed by atoms with van der Waals surface area (Å²) in [6, 6.07) is 11.8. The molecule has 0 bridgehead atoms. The average molecular weight is 260 g/mol. The summed E-state index contributed by atoms with van der Waals surface area (Å²) < 4.78 is 31.0. The Morgan fingerprint density at radius 1 is 0.933 bits per heavy atom. The van der Waals surface area contributed by atoms with Gasteiger partial charge >= 0.3 is 0 Å². The van der Waals surface area contributed by atoms with E-state index in [4.69, 9.17) is 4.55 Å². The van der Waals surface area contributed by atoms with Crippen LogP contribution in [0.25, 0.3) is 10.8 Å². The van der Waals surface area contributed by atoms with Crippen molar-refractivity contribution in [3.8, 4) is 0 Å². The van der Waals surface area contributed by atoms with Crippen LogP contribution < -0.4 is 0 Å². The molecule has 78 valence electrons. The van der Waals surface area contributed by atoms with E-state index in [0.717, 1.165) is 5.39 Å². The van der Waals surface area contributed by atoms with Crippen LogP contribution in [0.15, 0.2) is 47.4 Å².